The number of hydrogen-bond acceptors (Lipinski definition) is 3. The van der Waals surface area contributed by atoms with E-state index in [1.807, 2.05) is 67.2 Å². The van der Waals surface area contributed by atoms with Gasteiger partial charge in [0, 0.05) is 11.3 Å². The first kappa shape index (κ1) is 16.6. The van der Waals surface area contributed by atoms with E-state index in [4.69, 9.17) is 0 Å². The minimum atomic E-state index is -0.180. The molecule has 1 atom stereocenters. The average molecular weight is 339 g/mol. The quantitative estimate of drug-likeness (QED) is 0.704. The van der Waals surface area contributed by atoms with Crippen LogP contribution in [0.25, 0.3) is 11.0 Å². The van der Waals surface area contributed by atoms with Crippen LogP contribution in [0.1, 0.15) is 41.6 Å². The fourth-order valence-corrected chi connectivity index (χ4v) is 3.13. The van der Waals surface area contributed by atoms with Crippen LogP contribution in [0.15, 0.2) is 48.5 Å². The van der Waals surface area contributed by atoms with Gasteiger partial charge < -0.3 is 10.3 Å². The monoisotopic (exact) mass is 339 g/mol. The summed E-state index contributed by atoms with van der Waals surface area (Å²) in [5.74, 6) is 2.75. The molecule has 0 aliphatic rings. The van der Waals surface area contributed by atoms with Crippen LogP contribution in [0.3, 0.4) is 0 Å². The van der Waals surface area contributed by atoms with E-state index in [-0.39, 0.29) is 11.9 Å². The minimum Gasteiger partial charge on any atom is -0.342 e. The molecule has 1 amide bonds. The normalized spacial score (nSPS) is 12.2. The zero-order chi connectivity index (χ0) is 16.9. The predicted molar refractivity (Wildman–Crippen MR) is 100 cm³/mol. The van der Waals surface area contributed by atoms with Crippen molar-refractivity contribution < 1.29 is 4.79 Å². The molecule has 2 aromatic carbocycles. The molecule has 1 heterocycles. The summed E-state index contributed by atoms with van der Waals surface area (Å²) in [7, 11) is 0. The molecule has 0 fully saturated rings. The lowest BCUT2D eigenvalue weighted by Crippen LogP contribution is -2.27. The number of para-hydroxylation sites is 2. The molecule has 5 heteroatoms. The number of rotatable bonds is 6. The van der Waals surface area contributed by atoms with Gasteiger partial charge in [0.25, 0.3) is 5.91 Å². The Bertz CT molecular complexity index is 793. The third-order valence-corrected chi connectivity index (χ3v) is 4.80. The zero-order valence-corrected chi connectivity index (χ0v) is 14.7. The standard InChI is InChI=1S/C19H21N3OS/c1-3-24-12-14-8-10-15(11-9-14)19(23)20-13(2)18-21-16-6-4-5-7-17(16)22-18/h4-11,13H,3,12H2,1-2H3,(H,20,23)(H,21,22). The lowest BCUT2D eigenvalue weighted by Gasteiger charge is -2.11. The Kier molecular flexibility index (Phi) is 5.20. The maximum Gasteiger partial charge on any atom is 0.251 e. The average Bonchev–Trinajstić information content (AvgIpc) is 3.04. The summed E-state index contributed by atoms with van der Waals surface area (Å²) in [5, 5.41) is 3.00. The first-order valence-corrected chi connectivity index (χ1v) is 9.25. The molecule has 0 aliphatic heterocycles. The molecule has 0 saturated carbocycles. The van der Waals surface area contributed by atoms with Gasteiger partial charge in [-0.15, -0.1) is 0 Å². The number of aromatic amines is 1. The van der Waals surface area contributed by atoms with Crippen LogP contribution in [0.2, 0.25) is 0 Å². The molecular weight excluding hydrogens is 318 g/mol. The first-order chi connectivity index (χ1) is 11.7. The Morgan fingerprint density at radius 1 is 1.21 bits per heavy atom. The van der Waals surface area contributed by atoms with Crippen molar-refractivity contribution in [3.05, 3.63) is 65.5 Å². The lowest BCUT2D eigenvalue weighted by molar-refractivity contribution is 0.0938. The number of nitrogens with zero attached hydrogens (tertiary/aromatic N) is 1. The Balaban J connectivity index is 1.67. The second-order valence-electron chi connectivity index (χ2n) is 5.67. The van der Waals surface area contributed by atoms with E-state index in [1.54, 1.807) is 0 Å². The molecule has 1 aromatic heterocycles. The van der Waals surface area contributed by atoms with Gasteiger partial charge in [-0.2, -0.15) is 11.8 Å². The van der Waals surface area contributed by atoms with E-state index < -0.39 is 0 Å². The molecule has 2 N–H and O–H groups in total. The Hall–Kier alpha value is -2.27. The number of carbonyl (C=O) groups is 1. The molecule has 0 bridgehead atoms. The Morgan fingerprint density at radius 3 is 2.67 bits per heavy atom. The van der Waals surface area contributed by atoms with Crippen molar-refractivity contribution in [3.8, 4) is 0 Å². The number of benzene rings is 2. The zero-order valence-electron chi connectivity index (χ0n) is 13.9. The van der Waals surface area contributed by atoms with Gasteiger partial charge in [0.05, 0.1) is 17.1 Å². The number of amides is 1. The highest BCUT2D eigenvalue weighted by Crippen LogP contribution is 2.17. The van der Waals surface area contributed by atoms with E-state index in [2.05, 4.69) is 22.2 Å². The third-order valence-electron chi connectivity index (χ3n) is 3.85. The van der Waals surface area contributed by atoms with Gasteiger partial charge in [0.1, 0.15) is 5.82 Å². The van der Waals surface area contributed by atoms with Gasteiger partial charge in [-0.05, 0) is 42.5 Å². The molecule has 3 rings (SSSR count). The number of imidazole rings is 1. The number of nitrogens with one attached hydrogen (secondary N) is 2. The largest absolute Gasteiger partial charge is 0.342 e. The second-order valence-corrected chi connectivity index (χ2v) is 6.94. The summed E-state index contributed by atoms with van der Waals surface area (Å²) in [4.78, 5) is 20.2. The molecule has 0 aliphatic carbocycles. The van der Waals surface area contributed by atoms with Crippen molar-refractivity contribution in [1.29, 1.82) is 0 Å². The molecule has 1 unspecified atom stereocenters. The summed E-state index contributed by atoms with van der Waals surface area (Å²) >= 11 is 1.87. The fourth-order valence-electron chi connectivity index (χ4n) is 2.50. The number of carbonyl (C=O) groups excluding carboxylic acids is 1. The SMILES string of the molecule is CCSCc1ccc(C(=O)NC(C)c2nc3ccccc3[nH]2)cc1. The Morgan fingerprint density at radius 2 is 1.96 bits per heavy atom. The molecule has 0 spiro atoms. The van der Waals surface area contributed by atoms with Gasteiger partial charge in [0.15, 0.2) is 0 Å². The van der Waals surface area contributed by atoms with E-state index in [1.165, 1.54) is 5.56 Å². The summed E-state index contributed by atoms with van der Waals surface area (Å²) in [6.45, 7) is 4.08. The van der Waals surface area contributed by atoms with Gasteiger partial charge in [0.2, 0.25) is 0 Å². The molecule has 24 heavy (non-hydrogen) atoms. The van der Waals surface area contributed by atoms with Gasteiger partial charge in [-0.25, -0.2) is 4.98 Å². The van der Waals surface area contributed by atoms with Crippen LogP contribution in [0.4, 0.5) is 0 Å². The van der Waals surface area contributed by atoms with E-state index in [0.717, 1.165) is 28.4 Å². The van der Waals surface area contributed by atoms with E-state index in [9.17, 15) is 4.79 Å². The molecular formula is C19H21N3OS. The lowest BCUT2D eigenvalue weighted by atomic mass is 10.1. The summed E-state index contributed by atoms with van der Waals surface area (Å²) < 4.78 is 0. The summed E-state index contributed by atoms with van der Waals surface area (Å²) in [6.07, 6.45) is 0. The van der Waals surface area contributed by atoms with Crippen molar-refractivity contribution in [1.82, 2.24) is 15.3 Å². The van der Waals surface area contributed by atoms with Crippen molar-refractivity contribution in [2.45, 2.75) is 25.6 Å². The van der Waals surface area contributed by atoms with Crippen molar-refractivity contribution >= 4 is 28.7 Å². The molecule has 4 nitrogen and oxygen atoms in total. The molecule has 124 valence electrons. The third kappa shape index (κ3) is 3.79. The topological polar surface area (TPSA) is 57.8 Å². The van der Waals surface area contributed by atoms with Gasteiger partial charge in [-0.1, -0.05) is 31.2 Å². The van der Waals surface area contributed by atoms with Crippen LogP contribution < -0.4 is 5.32 Å². The number of hydrogen-bond donors (Lipinski definition) is 2. The van der Waals surface area contributed by atoms with Gasteiger partial charge >= 0.3 is 0 Å². The Labute approximate surface area is 146 Å². The number of thioether (sulfide) groups is 1. The van der Waals surface area contributed by atoms with Crippen molar-refractivity contribution in [3.63, 3.8) is 0 Å². The summed E-state index contributed by atoms with van der Waals surface area (Å²) in [6, 6.07) is 15.5. The smallest absolute Gasteiger partial charge is 0.251 e. The fraction of sp³-hybridized carbons (Fsp3) is 0.263. The number of H-pyrrole nitrogens is 1. The van der Waals surface area contributed by atoms with Crippen LogP contribution >= 0.6 is 11.8 Å². The molecule has 3 aromatic rings. The van der Waals surface area contributed by atoms with Gasteiger partial charge in [-0.3, -0.25) is 4.79 Å². The van der Waals surface area contributed by atoms with Crippen LogP contribution in [-0.4, -0.2) is 21.6 Å². The number of fused-ring (bicyclic) bond motifs is 1. The predicted octanol–water partition coefficient (Wildman–Crippen LogP) is 4.31. The van der Waals surface area contributed by atoms with E-state index in [0.29, 0.717) is 5.56 Å². The van der Waals surface area contributed by atoms with Crippen LogP contribution in [0, 0.1) is 0 Å². The highest BCUT2D eigenvalue weighted by atomic mass is 32.2. The van der Waals surface area contributed by atoms with Crippen LogP contribution in [-0.2, 0) is 5.75 Å². The van der Waals surface area contributed by atoms with Crippen LogP contribution in [0.5, 0.6) is 0 Å². The van der Waals surface area contributed by atoms with Crippen molar-refractivity contribution in [2.75, 3.05) is 5.75 Å². The molecule has 0 radical (unpaired) electrons. The molecule has 0 saturated heterocycles. The summed E-state index contributed by atoms with van der Waals surface area (Å²) in [5.41, 5.74) is 3.80. The van der Waals surface area contributed by atoms with E-state index >= 15 is 0 Å². The first-order valence-electron chi connectivity index (χ1n) is 8.09. The highest BCUT2D eigenvalue weighted by molar-refractivity contribution is 7.98. The number of aromatic nitrogens is 2. The van der Waals surface area contributed by atoms with Crippen molar-refractivity contribution in [2.24, 2.45) is 0 Å². The minimum absolute atomic E-state index is 0.0855. The maximum absolute atomic E-state index is 12.4. The maximum atomic E-state index is 12.4. The highest BCUT2D eigenvalue weighted by Gasteiger charge is 2.14. The second kappa shape index (κ2) is 7.53.